The van der Waals surface area contributed by atoms with Gasteiger partial charge in [-0.3, -0.25) is 4.79 Å². The number of amides is 1. The Morgan fingerprint density at radius 2 is 2.05 bits per heavy atom. The molecule has 1 saturated carbocycles. The number of carboxylic acid groups (broad SMARTS) is 1. The van der Waals surface area contributed by atoms with Gasteiger partial charge in [-0.25, -0.2) is 4.79 Å². The second kappa shape index (κ2) is 6.79. The van der Waals surface area contributed by atoms with Gasteiger partial charge in [-0.2, -0.15) is 0 Å². The molecule has 2 N–H and O–H groups in total. The van der Waals surface area contributed by atoms with Gasteiger partial charge in [0.15, 0.2) is 0 Å². The van der Waals surface area contributed by atoms with Crippen LogP contribution < -0.4 is 5.32 Å². The molecule has 0 atom stereocenters. The van der Waals surface area contributed by atoms with Gasteiger partial charge in [0.1, 0.15) is 0 Å². The number of benzene rings is 1. The predicted octanol–water partition coefficient (Wildman–Crippen LogP) is 2.84. The number of hydrogen-bond donors (Lipinski definition) is 2. The highest BCUT2D eigenvalue weighted by Gasteiger charge is 2.17. The van der Waals surface area contributed by atoms with Crippen molar-refractivity contribution in [2.75, 3.05) is 5.75 Å². The molecule has 108 valence electrons. The van der Waals surface area contributed by atoms with Crippen molar-refractivity contribution in [2.24, 2.45) is 0 Å². The number of aryl methyl sites for hydroxylation is 1. The smallest absolute Gasteiger partial charge is 0.335 e. The molecule has 1 amide bonds. The molecular formula is C15H19NO3S. The lowest BCUT2D eigenvalue weighted by Gasteiger charge is -2.11. The highest BCUT2D eigenvalue weighted by molar-refractivity contribution is 8.00. The van der Waals surface area contributed by atoms with E-state index in [9.17, 15) is 9.59 Å². The van der Waals surface area contributed by atoms with Crippen LogP contribution in [0.4, 0.5) is 0 Å². The lowest BCUT2D eigenvalue weighted by molar-refractivity contribution is -0.119. The summed E-state index contributed by atoms with van der Waals surface area (Å²) in [5.74, 6) is -0.571. The molecule has 0 unspecified atom stereocenters. The summed E-state index contributed by atoms with van der Waals surface area (Å²) in [6, 6.07) is 5.59. The normalized spacial score (nSPS) is 15.2. The minimum absolute atomic E-state index is 0.0272. The molecule has 0 aliphatic heterocycles. The molecule has 5 heteroatoms. The summed E-state index contributed by atoms with van der Waals surface area (Å²) < 4.78 is 0. The summed E-state index contributed by atoms with van der Waals surface area (Å²) in [6.45, 7) is 1.77. The zero-order valence-electron chi connectivity index (χ0n) is 11.5. The SMILES string of the molecule is Cc1ccc(SCC(=O)NC2CCCC2)cc1C(=O)O. The van der Waals surface area contributed by atoms with Crippen LogP contribution in [0.1, 0.15) is 41.6 Å². The topological polar surface area (TPSA) is 66.4 Å². The van der Waals surface area contributed by atoms with Crippen molar-refractivity contribution in [1.82, 2.24) is 5.32 Å². The Bertz CT molecular complexity index is 510. The van der Waals surface area contributed by atoms with Gasteiger partial charge in [-0.1, -0.05) is 18.9 Å². The van der Waals surface area contributed by atoms with Crippen molar-refractivity contribution in [3.63, 3.8) is 0 Å². The van der Waals surface area contributed by atoms with Crippen LogP contribution in [-0.4, -0.2) is 28.8 Å². The summed E-state index contributed by atoms with van der Waals surface area (Å²) in [7, 11) is 0. The van der Waals surface area contributed by atoms with E-state index in [1.54, 1.807) is 19.1 Å². The van der Waals surface area contributed by atoms with Gasteiger partial charge in [-0.05, 0) is 37.5 Å². The van der Waals surface area contributed by atoms with Gasteiger partial charge in [-0.15, -0.1) is 11.8 Å². The molecular weight excluding hydrogens is 274 g/mol. The highest BCUT2D eigenvalue weighted by atomic mass is 32.2. The van der Waals surface area contributed by atoms with E-state index >= 15 is 0 Å². The summed E-state index contributed by atoms with van der Waals surface area (Å²) in [6.07, 6.45) is 4.53. The van der Waals surface area contributed by atoms with E-state index in [-0.39, 0.29) is 5.91 Å². The molecule has 1 aliphatic carbocycles. The standard InChI is InChI=1S/C15H19NO3S/c1-10-6-7-12(8-13(10)15(18)19)20-9-14(17)16-11-4-2-3-5-11/h6-8,11H,2-5,9H2,1H3,(H,16,17)(H,18,19). The molecule has 0 aromatic heterocycles. The summed E-state index contributed by atoms with van der Waals surface area (Å²) in [5.41, 5.74) is 1.03. The van der Waals surface area contributed by atoms with E-state index in [1.807, 2.05) is 6.07 Å². The van der Waals surface area contributed by atoms with Crippen LogP contribution in [0, 0.1) is 6.92 Å². The maximum absolute atomic E-state index is 11.8. The fourth-order valence-corrected chi connectivity index (χ4v) is 3.16. The van der Waals surface area contributed by atoms with Crippen LogP contribution in [-0.2, 0) is 4.79 Å². The number of thioether (sulfide) groups is 1. The summed E-state index contributed by atoms with van der Waals surface area (Å²) in [4.78, 5) is 23.7. The van der Waals surface area contributed by atoms with Gasteiger partial charge < -0.3 is 10.4 Å². The van der Waals surface area contributed by atoms with Gasteiger partial charge in [0.2, 0.25) is 5.91 Å². The third-order valence-corrected chi connectivity index (χ3v) is 4.52. The van der Waals surface area contributed by atoms with E-state index < -0.39 is 5.97 Å². The van der Waals surface area contributed by atoms with E-state index in [1.165, 1.54) is 24.6 Å². The first-order valence-electron chi connectivity index (χ1n) is 6.82. The van der Waals surface area contributed by atoms with Crippen molar-refractivity contribution in [3.05, 3.63) is 29.3 Å². The van der Waals surface area contributed by atoms with E-state index in [0.29, 0.717) is 17.4 Å². The Labute approximate surface area is 123 Å². The van der Waals surface area contributed by atoms with Gasteiger partial charge in [0, 0.05) is 10.9 Å². The molecule has 1 aromatic rings. The fourth-order valence-electron chi connectivity index (χ4n) is 2.41. The molecule has 0 bridgehead atoms. The zero-order chi connectivity index (χ0) is 14.5. The number of hydrogen-bond acceptors (Lipinski definition) is 3. The number of carbonyl (C=O) groups is 2. The number of rotatable bonds is 5. The molecule has 1 aromatic carbocycles. The Morgan fingerprint density at radius 1 is 1.35 bits per heavy atom. The molecule has 20 heavy (non-hydrogen) atoms. The third-order valence-electron chi connectivity index (χ3n) is 3.53. The Balaban J connectivity index is 1.88. The summed E-state index contributed by atoms with van der Waals surface area (Å²) >= 11 is 1.38. The first kappa shape index (κ1) is 14.9. The minimum atomic E-state index is -0.930. The Kier molecular flexibility index (Phi) is 5.06. The maximum atomic E-state index is 11.8. The van der Waals surface area contributed by atoms with Crippen LogP contribution in [0.5, 0.6) is 0 Å². The molecule has 2 rings (SSSR count). The third kappa shape index (κ3) is 4.00. The Morgan fingerprint density at radius 3 is 2.70 bits per heavy atom. The first-order valence-corrected chi connectivity index (χ1v) is 7.81. The van der Waals surface area contributed by atoms with E-state index in [4.69, 9.17) is 5.11 Å². The van der Waals surface area contributed by atoms with Crippen LogP contribution >= 0.6 is 11.8 Å². The van der Waals surface area contributed by atoms with Gasteiger partial charge in [0.25, 0.3) is 0 Å². The minimum Gasteiger partial charge on any atom is -0.478 e. The highest BCUT2D eigenvalue weighted by Crippen LogP contribution is 2.22. The second-order valence-electron chi connectivity index (χ2n) is 5.12. The van der Waals surface area contributed by atoms with E-state index in [0.717, 1.165) is 23.3 Å². The van der Waals surface area contributed by atoms with Gasteiger partial charge >= 0.3 is 5.97 Å². The second-order valence-corrected chi connectivity index (χ2v) is 6.17. The Hall–Kier alpha value is -1.49. The number of carboxylic acids is 1. The van der Waals surface area contributed by atoms with E-state index in [2.05, 4.69) is 5.32 Å². The average Bonchev–Trinajstić information content (AvgIpc) is 2.90. The van der Waals surface area contributed by atoms with Crippen molar-refractivity contribution < 1.29 is 14.7 Å². The maximum Gasteiger partial charge on any atom is 0.335 e. The van der Waals surface area contributed by atoms with Crippen molar-refractivity contribution in [2.45, 2.75) is 43.5 Å². The number of carbonyl (C=O) groups excluding carboxylic acids is 1. The molecule has 0 spiro atoms. The molecule has 1 fully saturated rings. The fraction of sp³-hybridized carbons (Fsp3) is 0.467. The quantitative estimate of drug-likeness (QED) is 0.819. The van der Waals surface area contributed by atoms with Crippen LogP contribution in [0.25, 0.3) is 0 Å². The van der Waals surface area contributed by atoms with Crippen molar-refractivity contribution in [3.8, 4) is 0 Å². The lowest BCUT2D eigenvalue weighted by Crippen LogP contribution is -2.33. The molecule has 0 radical (unpaired) electrons. The summed E-state index contributed by atoms with van der Waals surface area (Å²) in [5, 5.41) is 12.1. The largest absolute Gasteiger partial charge is 0.478 e. The molecule has 0 saturated heterocycles. The molecule has 0 heterocycles. The molecule has 4 nitrogen and oxygen atoms in total. The van der Waals surface area contributed by atoms with Crippen LogP contribution in [0.2, 0.25) is 0 Å². The number of aromatic carboxylic acids is 1. The zero-order valence-corrected chi connectivity index (χ0v) is 12.3. The average molecular weight is 293 g/mol. The van der Waals surface area contributed by atoms with Crippen molar-refractivity contribution in [1.29, 1.82) is 0 Å². The predicted molar refractivity (Wildman–Crippen MR) is 79.3 cm³/mol. The monoisotopic (exact) mass is 293 g/mol. The lowest BCUT2D eigenvalue weighted by atomic mass is 10.1. The number of nitrogens with one attached hydrogen (secondary N) is 1. The molecule has 1 aliphatic rings. The first-order chi connectivity index (χ1) is 9.56. The van der Waals surface area contributed by atoms with Crippen LogP contribution in [0.3, 0.4) is 0 Å². The van der Waals surface area contributed by atoms with Crippen molar-refractivity contribution >= 4 is 23.6 Å². The van der Waals surface area contributed by atoms with Crippen LogP contribution in [0.15, 0.2) is 23.1 Å². The van der Waals surface area contributed by atoms with Gasteiger partial charge in [0.05, 0.1) is 11.3 Å².